The van der Waals surface area contributed by atoms with E-state index in [1.807, 2.05) is 35.1 Å². The summed E-state index contributed by atoms with van der Waals surface area (Å²) < 4.78 is 11.7. The molecule has 30 heavy (non-hydrogen) atoms. The Bertz CT molecular complexity index is 1020. The summed E-state index contributed by atoms with van der Waals surface area (Å²) in [6, 6.07) is 14.6. The summed E-state index contributed by atoms with van der Waals surface area (Å²) >= 11 is 1.65. The predicted octanol–water partition coefficient (Wildman–Crippen LogP) is 3.73. The minimum absolute atomic E-state index is 0.146. The van der Waals surface area contributed by atoms with Gasteiger partial charge in [0.25, 0.3) is 0 Å². The number of nitrogens with zero attached hydrogens (tertiary/aromatic N) is 2. The monoisotopic (exact) mass is 428 g/mol. The van der Waals surface area contributed by atoms with Gasteiger partial charge in [-0.15, -0.1) is 0 Å². The van der Waals surface area contributed by atoms with Gasteiger partial charge in [0, 0.05) is 18.5 Å². The molecule has 0 unspecified atom stereocenters. The smallest absolute Gasteiger partial charge is 0.411 e. The van der Waals surface area contributed by atoms with E-state index in [1.165, 1.54) is 7.11 Å². The lowest BCUT2D eigenvalue weighted by molar-refractivity contribution is -0.116. The highest BCUT2D eigenvalue weighted by Crippen LogP contribution is 2.20. The summed E-state index contributed by atoms with van der Waals surface area (Å²) in [5.74, 6) is 1.39. The van der Waals surface area contributed by atoms with E-state index in [0.29, 0.717) is 23.7 Å². The van der Waals surface area contributed by atoms with Crippen LogP contribution in [0.2, 0.25) is 0 Å². The van der Waals surface area contributed by atoms with Crippen molar-refractivity contribution in [2.24, 2.45) is 0 Å². The number of fused-ring (bicyclic) bond motifs is 1. The quantitative estimate of drug-likeness (QED) is 0.504. The van der Waals surface area contributed by atoms with Gasteiger partial charge in [0.1, 0.15) is 19.0 Å². The molecule has 0 bridgehead atoms. The summed E-state index contributed by atoms with van der Waals surface area (Å²) in [5, 5.41) is 5.50. The Balaban J connectivity index is 1.66. The zero-order chi connectivity index (χ0) is 21.3. The third-order valence-corrected chi connectivity index (χ3v) is 4.77. The van der Waals surface area contributed by atoms with Crippen LogP contribution in [-0.2, 0) is 26.6 Å². The standard InChI is InChI=1S/C21H24N4O4S/c1-28-10-11-29-21(27)23-16-7-5-6-15(12-16)22-20(26)13-25-18-9-4-3-8-17(18)24-19(25)14-30-2/h3-9,12H,10-11,13-14H2,1-2H3,(H,22,26)(H,23,27). The molecule has 2 aromatic carbocycles. The summed E-state index contributed by atoms with van der Waals surface area (Å²) in [5.41, 5.74) is 2.88. The molecular formula is C21H24N4O4S. The lowest BCUT2D eigenvalue weighted by Crippen LogP contribution is -2.20. The molecule has 1 aromatic heterocycles. The average Bonchev–Trinajstić information content (AvgIpc) is 3.06. The number of ether oxygens (including phenoxy) is 2. The van der Waals surface area contributed by atoms with Gasteiger partial charge in [-0.3, -0.25) is 10.1 Å². The summed E-state index contributed by atoms with van der Waals surface area (Å²) in [4.78, 5) is 29.1. The van der Waals surface area contributed by atoms with Crippen LogP contribution in [0.5, 0.6) is 0 Å². The van der Waals surface area contributed by atoms with E-state index >= 15 is 0 Å². The number of imidazole rings is 1. The molecule has 0 saturated heterocycles. The van der Waals surface area contributed by atoms with Crippen LogP contribution in [0, 0.1) is 0 Å². The van der Waals surface area contributed by atoms with Crippen LogP contribution in [-0.4, -0.2) is 48.1 Å². The Labute approximate surface area is 179 Å². The van der Waals surface area contributed by atoms with Crippen molar-refractivity contribution in [3.63, 3.8) is 0 Å². The topological polar surface area (TPSA) is 94.5 Å². The van der Waals surface area contributed by atoms with Crippen LogP contribution in [0.15, 0.2) is 48.5 Å². The second kappa shape index (κ2) is 10.7. The van der Waals surface area contributed by atoms with Crippen molar-refractivity contribution in [2.75, 3.05) is 37.2 Å². The maximum Gasteiger partial charge on any atom is 0.411 e. The minimum Gasteiger partial charge on any atom is -0.447 e. The highest BCUT2D eigenvalue weighted by Gasteiger charge is 2.13. The third-order valence-electron chi connectivity index (χ3n) is 4.22. The van der Waals surface area contributed by atoms with E-state index in [4.69, 9.17) is 9.47 Å². The first-order valence-electron chi connectivity index (χ1n) is 9.36. The number of para-hydroxylation sites is 2. The van der Waals surface area contributed by atoms with E-state index in [1.54, 1.807) is 36.0 Å². The van der Waals surface area contributed by atoms with Crippen molar-refractivity contribution < 1.29 is 19.1 Å². The highest BCUT2D eigenvalue weighted by molar-refractivity contribution is 7.97. The van der Waals surface area contributed by atoms with Gasteiger partial charge < -0.3 is 19.4 Å². The molecule has 3 rings (SSSR count). The Hall–Kier alpha value is -3.04. The van der Waals surface area contributed by atoms with Gasteiger partial charge in [0.2, 0.25) is 5.91 Å². The molecule has 0 saturated carbocycles. The van der Waals surface area contributed by atoms with Gasteiger partial charge in [-0.1, -0.05) is 18.2 Å². The number of carbonyl (C=O) groups excluding carboxylic acids is 2. The number of anilines is 2. The second-order valence-corrected chi connectivity index (χ2v) is 7.28. The fraction of sp³-hybridized carbons (Fsp3) is 0.286. The molecule has 2 N–H and O–H groups in total. The third kappa shape index (κ3) is 5.74. The number of carbonyl (C=O) groups is 2. The van der Waals surface area contributed by atoms with E-state index < -0.39 is 6.09 Å². The minimum atomic E-state index is -0.581. The van der Waals surface area contributed by atoms with E-state index in [0.717, 1.165) is 16.9 Å². The number of hydrogen-bond donors (Lipinski definition) is 2. The molecule has 0 spiro atoms. The number of rotatable bonds is 9. The highest BCUT2D eigenvalue weighted by atomic mass is 32.2. The van der Waals surface area contributed by atoms with Crippen LogP contribution < -0.4 is 10.6 Å². The zero-order valence-electron chi connectivity index (χ0n) is 16.9. The SMILES string of the molecule is COCCOC(=O)Nc1cccc(NC(=O)Cn2c(CSC)nc3ccccc32)c1. The molecule has 0 aliphatic rings. The summed E-state index contributed by atoms with van der Waals surface area (Å²) in [6.45, 7) is 0.633. The van der Waals surface area contributed by atoms with E-state index in [2.05, 4.69) is 15.6 Å². The molecule has 0 aliphatic carbocycles. The fourth-order valence-electron chi connectivity index (χ4n) is 2.93. The number of amides is 2. The molecule has 2 amide bonds. The molecule has 9 heteroatoms. The van der Waals surface area contributed by atoms with Crippen LogP contribution in [0.1, 0.15) is 5.82 Å². The number of nitrogens with one attached hydrogen (secondary N) is 2. The van der Waals surface area contributed by atoms with Crippen LogP contribution >= 0.6 is 11.8 Å². The molecule has 3 aromatic rings. The summed E-state index contributed by atoms with van der Waals surface area (Å²) in [6.07, 6.45) is 1.42. The Kier molecular flexibility index (Phi) is 7.69. The van der Waals surface area contributed by atoms with E-state index in [-0.39, 0.29) is 19.1 Å². The average molecular weight is 429 g/mol. The van der Waals surface area contributed by atoms with Gasteiger partial charge in [0.15, 0.2) is 0 Å². The first kappa shape index (κ1) is 21.7. The maximum atomic E-state index is 12.7. The number of aromatic nitrogens is 2. The van der Waals surface area contributed by atoms with Crippen LogP contribution in [0.3, 0.4) is 0 Å². The molecule has 158 valence electrons. The largest absolute Gasteiger partial charge is 0.447 e. The van der Waals surface area contributed by atoms with Gasteiger partial charge in [-0.2, -0.15) is 11.8 Å². The molecule has 0 atom stereocenters. The molecule has 0 aliphatic heterocycles. The van der Waals surface area contributed by atoms with Crippen molar-refractivity contribution in [3.8, 4) is 0 Å². The van der Waals surface area contributed by atoms with Gasteiger partial charge in [-0.05, 0) is 36.6 Å². The van der Waals surface area contributed by atoms with E-state index in [9.17, 15) is 9.59 Å². The zero-order valence-corrected chi connectivity index (χ0v) is 17.7. The van der Waals surface area contributed by atoms with Gasteiger partial charge in [0.05, 0.1) is 23.4 Å². The Morgan fingerprint density at radius 2 is 1.83 bits per heavy atom. The fourth-order valence-corrected chi connectivity index (χ4v) is 3.41. The number of benzene rings is 2. The van der Waals surface area contributed by atoms with Crippen LogP contribution in [0.4, 0.5) is 16.2 Å². The normalized spacial score (nSPS) is 10.7. The van der Waals surface area contributed by atoms with Gasteiger partial charge >= 0.3 is 6.09 Å². The predicted molar refractivity (Wildman–Crippen MR) is 119 cm³/mol. The first-order chi connectivity index (χ1) is 14.6. The van der Waals surface area contributed by atoms with Crippen LogP contribution in [0.25, 0.3) is 11.0 Å². The molecule has 0 radical (unpaired) electrons. The Morgan fingerprint density at radius 3 is 2.60 bits per heavy atom. The number of hydrogen-bond acceptors (Lipinski definition) is 6. The maximum absolute atomic E-state index is 12.7. The molecule has 1 heterocycles. The number of thioether (sulfide) groups is 1. The van der Waals surface area contributed by atoms with Crippen molar-refractivity contribution in [3.05, 3.63) is 54.4 Å². The molecule has 8 nitrogen and oxygen atoms in total. The Morgan fingerprint density at radius 1 is 1.07 bits per heavy atom. The second-order valence-electron chi connectivity index (χ2n) is 6.42. The van der Waals surface area contributed by atoms with Gasteiger partial charge in [-0.25, -0.2) is 9.78 Å². The lowest BCUT2D eigenvalue weighted by Gasteiger charge is -2.11. The number of methoxy groups -OCH3 is 1. The molecule has 0 fully saturated rings. The van der Waals surface area contributed by atoms with Crippen molar-refractivity contribution in [2.45, 2.75) is 12.3 Å². The van der Waals surface area contributed by atoms with Crippen molar-refractivity contribution in [1.29, 1.82) is 0 Å². The molecular weight excluding hydrogens is 404 g/mol. The van der Waals surface area contributed by atoms with Crippen molar-refractivity contribution >= 4 is 46.2 Å². The lowest BCUT2D eigenvalue weighted by atomic mass is 10.2. The first-order valence-corrected chi connectivity index (χ1v) is 10.8. The summed E-state index contributed by atoms with van der Waals surface area (Å²) in [7, 11) is 1.53. The van der Waals surface area contributed by atoms with Crippen molar-refractivity contribution in [1.82, 2.24) is 9.55 Å².